The van der Waals surface area contributed by atoms with E-state index in [1.165, 1.54) is 16.7 Å². The van der Waals surface area contributed by atoms with Gasteiger partial charge in [-0.15, -0.1) is 0 Å². The van der Waals surface area contributed by atoms with Gasteiger partial charge in [-0.25, -0.2) is 0 Å². The van der Waals surface area contributed by atoms with Gasteiger partial charge in [-0.3, -0.25) is 0 Å². The molecule has 14 heavy (non-hydrogen) atoms. The molecule has 2 aromatic carbocycles. The summed E-state index contributed by atoms with van der Waals surface area (Å²) in [5.74, 6) is 0. The first-order valence-corrected chi connectivity index (χ1v) is 7.74. The molecule has 1 heterocycles. The van der Waals surface area contributed by atoms with Gasteiger partial charge < -0.3 is 0 Å². The number of hydrogen-bond acceptors (Lipinski definition) is 0. The molecule has 0 nitrogen and oxygen atoms in total. The molecule has 2 aromatic rings. The summed E-state index contributed by atoms with van der Waals surface area (Å²) in [6.07, 6.45) is 0. The molecule has 65 valence electrons. The van der Waals surface area contributed by atoms with Gasteiger partial charge in [0.25, 0.3) is 0 Å². The van der Waals surface area contributed by atoms with Crippen molar-refractivity contribution in [3.63, 3.8) is 0 Å². The minimum absolute atomic E-state index is 0.667. The van der Waals surface area contributed by atoms with E-state index in [0.717, 1.165) is 0 Å². The van der Waals surface area contributed by atoms with E-state index < -0.39 is 29.2 Å². The summed E-state index contributed by atoms with van der Waals surface area (Å²) in [5, 5.41) is 0. The van der Waals surface area contributed by atoms with Gasteiger partial charge in [0.1, 0.15) is 0 Å². The van der Waals surface area contributed by atoms with Crippen molar-refractivity contribution in [3.8, 4) is 11.1 Å². The quantitative estimate of drug-likeness (QED) is 0.576. The Morgan fingerprint density at radius 3 is 2.57 bits per heavy atom. The fourth-order valence-electron chi connectivity index (χ4n) is 2.13. The Hall–Kier alpha value is -0.456. The van der Waals surface area contributed by atoms with Crippen molar-refractivity contribution < 1.29 is 29.2 Å². The number of benzene rings is 2. The molecule has 0 fully saturated rings. The normalized spacial score (nSPS) is 11.2. The summed E-state index contributed by atoms with van der Waals surface area (Å²) in [6.45, 7) is 2.25. The average Bonchev–Trinajstić information content (AvgIpc) is 2.59. The van der Waals surface area contributed by atoms with Crippen LogP contribution in [0.5, 0.6) is 0 Å². The maximum absolute atomic E-state index is 2.32. The van der Waals surface area contributed by atoms with Crippen molar-refractivity contribution in [1.29, 1.82) is 0 Å². The van der Waals surface area contributed by atoms with Crippen LogP contribution in [-0.2, 0) is 29.2 Å². The first kappa shape index (κ1) is 8.82. The molecular formula is C13H10Y. The summed E-state index contributed by atoms with van der Waals surface area (Å²) in [5.41, 5.74) is 4.52. The van der Waals surface area contributed by atoms with Crippen molar-refractivity contribution in [2.45, 2.75) is 6.92 Å². The molecule has 0 amide bonds. The Bertz CT molecular complexity index is 500. The number of hydrogen-bond donors (Lipinski definition) is 0. The molecule has 1 heteroatoms. The van der Waals surface area contributed by atoms with Crippen molar-refractivity contribution in [2.24, 2.45) is 0 Å². The van der Waals surface area contributed by atoms with Crippen LogP contribution in [0.1, 0.15) is 5.56 Å². The Labute approximate surface area is 99.3 Å². The van der Waals surface area contributed by atoms with Gasteiger partial charge in [0, 0.05) is 0 Å². The van der Waals surface area contributed by atoms with Crippen LogP contribution in [0.25, 0.3) is 11.1 Å². The monoisotopic (exact) mass is 255 g/mol. The van der Waals surface area contributed by atoms with Crippen LogP contribution in [-0.4, -0.2) is 0 Å². The van der Waals surface area contributed by atoms with E-state index in [1.807, 2.05) is 0 Å². The molecule has 3 rings (SSSR count). The molecule has 0 aromatic heterocycles. The van der Waals surface area contributed by atoms with Crippen molar-refractivity contribution in [3.05, 3.63) is 48.0 Å². The second-order valence-corrected chi connectivity index (χ2v) is 7.43. The summed E-state index contributed by atoms with van der Waals surface area (Å²) < 4.78 is 3.36. The zero-order valence-electron chi connectivity index (χ0n) is 8.12. The molecule has 0 N–H and O–H groups in total. The molecule has 0 unspecified atom stereocenters. The molecule has 1 aliphatic rings. The minimum atomic E-state index is -0.667. The first-order chi connectivity index (χ1) is 6.86. The number of aryl methyl sites for hydroxylation is 1. The Morgan fingerprint density at radius 1 is 0.857 bits per heavy atom. The fraction of sp³-hybridized carbons (Fsp3) is 0.0769. The number of fused-ring (bicyclic) bond motifs is 3. The zero-order valence-corrected chi connectivity index (χ0v) is 11.0. The van der Waals surface area contributed by atoms with Crippen LogP contribution in [0, 0.1) is 6.92 Å². The van der Waals surface area contributed by atoms with Crippen molar-refractivity contribution in [1.82, 2.24) is 0 Å². The molecule has 1 aliphatic heterocycles. The van der Waals surface area contributed by atoms with E-state index in [0.29, 0.717) is 0 Å². The van der Waals surface area contributed by atoms with Crippen LogP contribution in [0.4, 0.5) is 0 Å². The van der Waals surface area contributed by atoms with E-state index in [-0.39, 0.29) is 0 Å². The van der Waals surface area contributed by atoms with Gasteiger partial charge in [-0.2, -0.15) is 0 Å². The zero-order chi connectivity index (χ0) is 9.54. The van der Waals surface area contributed by atoms with Crippen LogP contribution in [0.2, 0.25) is 0 Å². The molecule has 0 aliphatic carbocycles. The van der Waals surface area contributed by atoms with Gasteiger partial charge >= 0.3 is 100 Å². The van der Waals surface area contributed by atoms with E-state index >= 15 is 0 Å². The van der Waals surface area contributed by atoms with E-state index in [4.69, 9.17) is 0 Å². The molecule has 0 radical (unpaired) electrons. The Kier molecular flexibility index (Phi) is 2.07. The summed E-state index contributed by atoms with van der Waals surface area (Å²) >= 11 is -0.667. The SMILES string of the molecule is Cc1cccc2[c]1[Y][c]1ccccc1-2. The molecule has 0 atom stereocenters. The van der Waals surface area contributed by atoms with Crippen molar-refractivity contribution in [2.75, 3.05) is 0 Å². The van der Waals surface area contributed by atoms with Crippen LogP contribution in [0.15, 0.2) is 42.5 Å². The molecule has 0 bridgehead atoms. The van der Waals surface area contributed by atoms with E-state index in [1.54, 1.807) is 4.75 Å². The predicted molar refractivity (Wildman–Crippen MR) is 55.9 cm³/mol. The first-order valence-electron chi connectivity index (χ1n) is 4.90. The standard InChI is InChI=1S/C13H10.Y/c1-11-6-5-9-13(10-11)12-7-3-2-4-8-12;/h2-7,9H,1H3;. The van der Waals surface area contributed by atoms with Crippen molar-refractivity contribution >= 4 is 4.75 Å². The van der Waals surface area contributed by atoms with Gasteiger partial charge in [0.2, 0.25) is 0 Å². The van der Waals surface area contributed by atoms with Crippen LogP contribution >= 0.6 is 0 Å². The van der Waals surface area contributed by atoms with Gasteiger partial charge in [-0.05, 0) is 0 Å². The van der Waals surface area contributed by atoms with Crippen LogP contribution < -0.4 is 4.75 Å². The predicted octanol–water partition coefficient (Wildman–Crippen LogP) is 2.01. The average molecular weight is 255 g/mol. The molecule has 0 saturated carbocycles. The molecule has 0 saturated heterocycles. The fourth-order valence-corrected chi connectivity index (χ4v) is 6.20. The van der Waals surface area contributed by atoms with E-state index in [2.05, 4.69) is 49.4 Å². The number of rotatable bonds is 0. The Balaban J connectivity index is 2.33. The third kappa shape index (κ3) is 1.21. The van der Waals surface area contributed by atoms with Gasteiger partial charge in [-0.1, -0.05) is 0 Å². The summed E-state index contributed by atoms with van der Waals surface area (Å²) in [6, 6.07) is 15.6. The second kappa shape index (κ2) is 3.29. The molecular weight excluding hydrogens is 245 g/mol. The van der Waals surface area contributed by atoms with Crippen LogP contribution in [0.3, 0.4) is 0 Å². The van der Waals surface area contributed by atoms with Gasteiger partial charge in [0.05, 0.1) is 0 Å². The third-order valence-corrected chi connectivity index (χ3v) is 7.47. The van der Waals surface area contributed by atoms with Gasteiger partial charge in [0.15, 0.2) is 0 Å². The second-order valence-electron chi connectivity index (χ2n) is 3.77. The topological polar surface area (TPSA) is 0 Å². The molecule has 0 spiro atoms. The maximum atomic E-state index is 2.32. The third-order valence-electron chi connectivity index (χ3n) is 2.87. The summed E-state index contributed by atoms with van der Waals surface area (Å²) in [4.78, 5) is 0. The summed E-state index contributed by atoms with van der Waals surface area (Å²) in [7, 11) is 0. The van der Waals surface area contributed by atoms with E-state index in [9.17, 15) is 0 Å². The Morgan fingerprint density at radius 2 is 1.64 bits per heavy atom.